The Balaban J connectivity index is 2.38. The van der Waals surface area contributed by atoms with Crippen molar-refractivity contribution >= 4 is 6.29 Å². The molecule has 2 aromatic rings. The number of nitrogens with zero attached hydrogens (tertiary/aromatic N) is 1. The second-order valence-electron chi connectivity index (χ2n) is 4.22. The minimum absolute atomic E-state index is 0.436. The standard InChI is InChI=1S/C16H13NO/c1-12-10-13(8-9-17)4-7-16(12)15-5-2-14(11-18)3-6-15/h2-7,10-11H,8H2,1H3. The molecule has 88 valence electrons. The summed E-state index contributed by atoms with van der Waals surface area (Å²) in [7, 11) is 0. The first-order valence-corrected chi connectivity index (χ1v) is 5.76. The summed E-state index contributed by atoms with van der Waals surface area (Å²) in [4.78, 5) is 10.6. The fourth-order valence-corrected chi connectivity index (χ4v) is 1.99. The zero-order valence-electron chi connectivity index (χ0n) is 10.2. The number of rotatable bonds is 3. The largest absolute Gasteiger partial charge is 0.298 e. The molecule has 2 aromatic carbocycles. The van der Waals surface area contributed by atoms with Crippen molar-refractivity contribution in [2.45, 2.75) is 13.3 Å². The molecule has 0 radical (unpaired) electrons. The van der Waals surface area contributed by atoms with Crippen LogP contribution in [-0.4, -0.2) is 6.29 Å². The number of hydrogen-bond acceptors (Lipinski definition) is 2. The van der Waals surface area contributed by atoms with Crippen molar-refractivity contribution in [3.8, 4) is 17.2 Å². The highest BCUT2D eigenvalue weighted by atomic mass is 16.1. The van der Waals surface area contributed by atoms with Crippen LogP contribution in [0.25, 0.3) is 11.1 Å². The Morgan fingerprint density at radius 1 is 1.17 bits per heavy atom. The number of carbonyl (C=O) groups is 1. The number of nitriles is 1. The van der Waals surface area contributed by atoms with E-state index in [9.17, 15) is 4.79 Å². The number of benzene rings is 2. The van der Waals surface area contributed by atoms with Crippen molar-refractivity contribution in [3.63, 3.8) is 0 Å². The Morgan fingerprint density at radius 2 is 1.89 bits per heavy atom. The van der Waals surface area contributed by atoms with Crippen molar-refractivity contribution in [1.29, 1.82) is 5.26 Å². The van der Waals surface area contributed by atoms with E-state index in [4.69, 9.17) is 5.26 Å². The monoisotopic (exact) mass is 235 g/mol. The average molecular weight is 235 g/mol. The van der Waals surface area contributed by atoms with Crippen molar-refractivity contribution < 1.29 is 4.79 Å². The molecule has 0 saturated heterocycles. The maximum Gasteiger partial charge on any atom is 0.150 e. The highest BCUT2D eigenvalue weighted by Gasteiger charge is 2.03. The first-order valence-electron chi connectivity index (χ1n) is 5.76. The van der Waals surface area contributed by atoms with Gasteiger partial charge in [0.2, 0.25) is 0 Å². The summed E-state index contributed by atoms with van der Waals surface area (Å²) in [5, 5.41) is 8.67. The molecule has 0 unspecified atom stereocenters. The van der Waals surface area contributed by atoms with Gasteiger partial charge < -0.3 is 0 Å². The molecule has 0 N–H and O–H groups in total. The zero-order chi connectivity index (χ0) is 13.0. The predicted octanol–water partition coefficient (Wildman–Crippen LogP) is 3.54. The van der Waals surface area contributed by atoms with Crippen LogP contribution in [0.1, 0.15) is 21.5 Å². The van der Waals surface area contributed by atoms with Crippen LogP contribution in [0.15, 0.2) is 42.5 Å². The molecule has 0 aliphatic heterocycles. The first-order chi connectivity index (χ1) is 8.74. The molecule has 0 fully saturated rings. The van der Waals surface area contributed by atoms with Crippen molar-refractivity contribution in [3.05, 3.63) is 59.2 Å². The van der Waals surface area contributed by atoms with Crippen molar-refractivity contribution in [2.24, 2.45) is 0 Å². The van der Waals surface area contributed by atoms with Crippen LogP contribution >= 0.6 is 0 Å². The van der Waals surface area contributed by atoms with Crippen LogP contribution in [0.3, 0.4) is 0 Å². The number of carbonyl (C=O) groups excluding carboxylic acids is 1. The van der Waals surface area contributed by atoms with Crippen molar-refractivity contribution in [1.82, 2.24) is 0 Å². The molecular weight excluding hydrogens is 222 g/mol. The van der Waals surface area contributed by atoms with Gasteiger partial charge in [0.05, 0.1) is 12.5 Å². The third kappa shape index (κ3) is 2.46. The highest BCUT2D eigenvalue weighted by molar-refractivity contribution is 5.77. The van der Waals surface area contributed by atoms with Gasteiger partial charge in [-0.1, -0.05) is 42.5 Å². The van der Waals surface area contributed by atoms with Gasteiger partial charge in [-0.3, -0.25) is 4.79 Å². The summed E-state index contributed by atoms with van der Waals surface area (Å²) in [6.07, 6.45) is 1.28. The number of hydrogen-bond donors (Lipinski definition) is 0. The Morgan fingerprint density at radius 3 is 2.44 bits per heavy atom. The second kappa shape index (κ2) is 5.29. The van der Waals surface area contributed by atoms with Gasteiger partial charge in [-0.05, 0) is 29.2 Å². The van der Waals surface area contributed by atoms with E-state index in [1.165, 1.54) is 0 Å². The van der Waals surface area contributed by atoms with Gasteiger partial charge in [0.1, 0.15) is 6.29 Å². The van der Waals surface area contributed by atoms with Gasteiger partial charge in [-0.25, -0.2) is 0 Å². The van der Waals surface area contributed by atoms with Crippen LogP contribution in [0.5, 0.6) is 0 Å². The van der Waals surface area contributed by atoms with E-state index in [1.54, 1.807) is 0 Å². The maximum absolute atomic E-state index is 10.6. The molecule has 0 aromatic heterocycles. The molecule has 0 spiro atoms. The van der Waals surface area contributed by atoms with E-state index in [0.29, 0.717) is 12.0 Å². The summed E-state index contributed by atoms with van der Waals surface area (Å²) in [5.74, 6) is 0. The molecule has 18 heavy (non-hydrogen) atoms. The summed E-state index contributed by atoms with van der Waals surface area (Å²) in [6, 6.07) is 15.7. The van der Waals surface area contributed by atoms with Crippen LogP contribution in [0.4, 0.5) is 0 Å². The smallest absolute Gasteiger partial charge is 0.150 e. The molecule has 2 heteroatoms. The summed E-state index contributed by atoms with van der Waals surface area (Å²) in [6.45, 7) is 2.03. The van der Waals surface area contributed by atoms with Gasteiger partial charge in [0.15, 0.2) is 0 Å². The summed E-state index contributed by atoms with van der Waals surface area (Å²) < 4.78 is 0. The first kappa shape index (κ1) is 12.1. The molecule has 2 rings (SSSR count). The van der Waals surface area contributed by atoms with Gasteiger partial charge in [-0.2, -0.15) is 5.26 Å². The maximum atomic E-state index is 10.6. The Bertz CT molecular complexity index is 606. The normalized spacial score (nSPS) is 9.78. The molecule has 0 atom stereocenters. The van der Waals surface area contributed by atoms with Gasteiger partial charge in [-0.15, -0.1) is 0 Å². The zero-order valence-corrected chi connectivity index (χ0v) is 10.2. The van der Waals surface area contributed by atoms with Crippen LogP contribution < -0.4 is 0 Å². The minimum Gasteiger partial charge on any atom is -0.298 e. The lowest BCUT2D eigenvalue weighted by molar-refractivity contribution is 0.112. The summed E-state index contributed by atoms with van der Waals surface area (Å²) >= 11 is 0. The van der Waals surface area contributed by atoms with E-state index in [1.807, 2.05) is 49.4 Å². The topological polar surface area (TPSA) is 40.9 Å². The summed E-state index contributed by atoms with van der Waals surface area (Å²) in [5.41, 5.74) is 5.07. The number of aryl methyl sites for hydroxylation is 1. The lowest BCUT2D eigenvalue weighted by Crippen LogP contribution is -1.88. The van der Waals surface area contributed by atoms with E-state index in [2.05, 4.69) is 6.07 Å². The molecule has 0 aliphatic carbocycles. The van der Waals surface area contributed by atoms with E-state index < -0.39 is 0 Å². The Hall–Kier alpha value is -2.40. The van der Waals surface area contributed by atoms with E-state index in [-0.39, 0.29) is 0 Å². The minimum atomic E-state index is 0.436. The van der Waals surface area contributed by atoms with E-state index in [0.717, 1.165) is 28.5 Å². The molecule has 0 bridgehead atoms. The van der Waals surface area contributed by atoms with E-state index >= 15 is 0 Å². The van der Waals surface area contributed by atoms with Crippen LogP contribution in [0.2, 0.25) is 0 Å². The molecular formula is C16H13NO. The molecule has 0 saturated carbocycles. The highest BCUT2D eigenvalue weighted by Crippen LogP contribution is 2.24. The molecule has 2 nitrogen and oxygen atoms in total. The quantitative estimate of drug-likeness (QED) is 0.763. The predicted molar refractivity (Wildman–Crippen MR) is 71.3 cm³/mol. The SMILES string of the molecule is Cc1cc(CC#N)ccc1-c1ccc(C=O)cc1. The fraction of sp³-hybridized carbons (Fsp3) is 0.125. The second-order valence-corrected chi connectivity index (χ2v) is 4.22. The lowest BCUT2D eigenvalue weighted by atomic mass is 9.97. The van der Waals surface area contributed by atoms with Crippen LogP contribution in [-0.2, 0) is 6.42 Å². The fourth-order valence-electron chi connectivity index (χ4n) is 1.99. The Labute approximate surface area is 107 Å². The van der Waals surface area contributed by atoms with Crippen molar-refractivity contribution in [2.75, 3.05) is 0 Å². The molecule has 0 amide bonds. The number of aldehydes is 1. The molecule has 0 heterocycles. The molecule has 0 aliphatic rings. The average Bonchev–Trinajstić information content (AvgIpc) is 2.40. The van der Waals surface area contributed by atoms with Gasteiger partial charge in [0.25, 0.3) is 0 Å². The van der Waals surface area contributed by atoms with Gasteiger partial charge in [0, 0.05) is 5.56 Å². The third-order valence-corrected chi connectivity index (χ3v) is 2.93. The van der Waals surface area contributed by atoms with Crippen LogP contribution in [0, 0.1) is 18.3 Å². The Kier molecular flexibility index (Phi) is 3.54. The third-order valence-electron chi connectivity index (χ3n) is 2.93. The lowest BCUT2D eigenvalue weighted by Gasteiger charge is -2.07. The van der Waals surface area contributed by atoms with Gasteiger partial charge >= 0.3 is 0 Å².